The van der Waals surface area contributed by atoms with Crippen molar-refractivity contribution in [1.82, 2.24) is 0 Å². The minimum absolute atomic E-state index is 0.0226. The van der Waals surface area contributed by atoms with Gasteiger partial charge >= 0.3 is 0 Å². The minimum atomic E-state index is -0.209. The predicted molar refractivity (Wildman–Crippen MR) is 108 cm³/mol. The highest BCUT2D eigenvalue weighted by atomic mass is 79.9. The predicted octanol–water partition coefficient (Wildman–Crippen LogP) is 4.99. The second-order valence-corrected chi connectivity index (χ2v) is 7.80. The molecular weight excluding hydrogens is 406 g/mol. The van der Waals surface area contributed by atoms with Crippen LogP contribution in [-0.2, 0) is 9.59 Å². The summed E-state index contributed by atoms with van der Waals surface area (Å²) in [4.78, 5) is 27.8. The number of amides is 1. The fourth-order valence-electron chi connectivity index (χ4n) is 4.05. The molecule has 5 heteroatoms. The number of methoxy groups -OCH3 is 1. The standard InChI is InChI=1S/C22H20BrNO3/c1-27-17-8-2-5-14(11-17)18-13-21(26)24(16-7-3-6-15(23)12-16)19-9-4-10-20(25)22(18)19/h2-3,5-8,11-12,18H,4,9-10,13H2,1H3. The molecule has 1 heterocycles. The van der Waals surface area contributed by atoms with E-state index in [2.05, 4.69) is 15.9 Å². The SMILES string of the molecule is COc1cccc(C2CC(=O)N(c3cccc(Br)c3)C3=C2C(=O)CCC3)c1. The minimum Gasteiger partial charge on any atom is -0.497 e. The van der Waals surface area contributed by atoms with Gasteiger partial charge in [-0.15, -0.1) is 0 Å². The molecule has 0 saturated carbocycles. The van der Waals surface area contributed by atoms with Crippen LogP contribution in [0.3, 0.4) is 0 Å². The quantitative estimate of drug-likeness (QED) is 0.695. The van der Waals surface area contributed by atoms with Gasteiger partial charge in [-0.3, -0.25) is 14.5 Å². The van der Waals surface area contributed by atoms with Crippen LogP contribution < -0.4 is 9.64 Å². The van der Waals surface area contributed by atoms with E-state index in [0.717, 1.165) is 45.6 Å². The van der Waals surface area contributed by atoms with Gasteiger partial charge in [0.1, 0.15) is 5.75 Å². The summed E-state index contributed by atoms with van der Waals surface area (Å²) in [7, 11) is 1.62. The van der Waals surface area contributed by atoms with Crippen molar-refractivity contribution in [2.45, 2.75) is 31.6 Å². The first kappa shape index (κ1) is 18.0. The molecule has 0 bridgehead atoms. The molecular formula is C22H20BrNO3. The number of rotatable bonds is 3. The first-order chi connectivity index (χ1) is 13.1. The van der Waals surface area contributed by atoms with Crippen molar-refractivity contribution in [2.75, 3.05) is 12.0 Å². The van der Waals surface area contributed by atoms with Gasteiger partial charge in [-0.2, -0.15) is 0 Å². The monoisotopic (exact) mass is 425 g/mol. The van der Waals surface area contributed by atoms with E-state index in [-0.39, 0.29) is 24.0 Å². The molecule has 1 unspecified atom stereocenters. The maximum Gasteiger partial charge on any atom is 0.232 e. The zero-order chi connectivity index (χ0) is 19.0. The van der Waals surface area contributed by atoms with Gasteiger partial charge in [0.05, 0.1) is 7.11 Å². The van der Waals surface area contributed by atoms with E-state index >= 15 is 0 Å². The fourth-order valence-corrected chi connectivity index (χ4v) is 4.44. The van der Waals surface area contributed by atoms with Crippen molar-refractivity contribution in [3.05, 3.63) is 69.8 Å². The van der Waals surface area contributed by atoms with Crippen molar-refractivity contribution in [3.63, 3.8) is 0 Å². The zero-order valence-corrected chi connectivity index (χ0v) is 16.7. The summed E-state index contributed by atoms with van der Waals surface area (Å²) in [5.74, 6) is 0.699. The molecule has 4 rings (SSSR count). The van der Waals surface area contributed by atoms with Gasteiger partial charge in [-0.1, -0.05) is 34.1 Å². The maximum atomic E-state index is 13.1. The molecule has 1 atom stereocenters. The molecule has 2 aliphatic rings. The van der Waals surface area contributed by atoms with E-state index in [4.69, 9.17) is 4.74 Å². The number of carbonyl (C=O) groups excluding carboxylic acids is 2. The number of ether oxygens (including phenoxy) is 1. The maximum absolute atomic E-state index is 13.1. The Balaban J connectivity index is 1.85. The summed E-state index contributed by atoms with van der Waals surface area (Å²) in [5.41, 5.74) is 3.41. The van der Waals surface area contributed by atoms with E-state index in [1.54, 1.807) is 12.0 Å². The van der Waals surface area contributed by atoms with Crippen LogP contribution in [0.1, 0.15) is 37.2 Å². The lowest BCUT2D eigenvalue weighted by molar-refractivity contribution is -0.119. The van der Waals surface area contributed by atoms with Gasteiger partial charge in [-0.05, 0) is 48.7 Å². The van der Waals surface area contributed by atoms with Crippen LogP contribution >= 0.6 is 15.9 Å². The number of allylic oxidation sites excluding steroid dienone is 2. The van der Waals surface area contributed by atoms with E-state index in [9.17, 15) is 9.59 Å². The van der Waals surface area contributed by atoms with Gasteiger partial charge in [0, 0.05) is 40.2 Å². The lowest BCUT2D eigenvalue weighted by Crippen LogP contribution is -2.40. The first-order valence-electron chi connectivity index (χ1n) is 9.07. The highest BCUT2D eigenvalue weighted by Crippen LogP contribution is 2.44. The number of hydrogen-bond acceptors (Lipinski definition) is 3. The molecule has 2 aromatic carbocycles. The van der Waals surface area contributed by atoms with Crippen LogP contribution in [0.2, 0.25) is 0 Å². The topological polar surface area (TPSA) is 46.6 Å². The smallest absolute Gasteiger partial charge is 0.232 e. The van der Waals surface area contributed by atoms with Crippen LogP contribution in [0, 0.1) is 0 Å². The second-order valence-electron chi connectivity index (χ2n) is 6.88. The second kappa shape index (κ2) is 7.31. The molecule has 2 aromatic rings. The summed E-state index contributed by atoms with van der Waals surface area (Å²) in [6.45, 7) is 0. The van der Waals surface area contributed by atoms with Gasteiger partial charge in [-0.25, -0.2) is 0 Å². The molecule has 138 valence electrons. The Hall–Kier alpha value is -2.40. The normalized spacial score (nSPS) is 19.9. The molecule has 0 spiro atoms. The molecule has 0 saturated heterocycles. The van der Waals surface area contributed by atoms with E-state index in [1.165, 1.54) is 0 Å². The van der Waals surface area contributed by atoms with Gasteiger partial charge in [0.25, 0.3) is 0 Å². The van der Waals surface area contributed by atoms with Crippen molar-refractivity contribution in [1.29, 1.82) is 0 Å². The third kappa shape index (κ3) is 3.32. The van der Waals surface area contributed by atoms with Gasteiger partial charge in [0.2, 0.25) is 5.91 Å². The Morgan fingerprint density at radius 1 is 1.07 bits per heavy atom. The van der Waals surface area contributed by atoms with E-state index in [0.29, 0.717) is 6.42 Å². The number of anilines is 1. The summed E-state index contributed by atoms with van der Waals surface area (Å²) >= 11 is 3.48. The van der Waals surface area contributed by atoms with Crippen LogP contribution in [0.5, 0.6) is 5.75 Å². The number of ketones is 1. The third-order valence-electron chi connectivity index (χ3n) is 5.24. The highest BCUT2D eigenvalue weighted by Gasteiger charge is 2.39. The van der Waals surface area contributed by atoms with Crippen LogP contribution in [0.4, 0.5) is 5.69 Å². The summed E-state index contributed by atoms with van der Waals surface area (Å²) in [5, 5.41) is 0. The summed E-state index contributed by atoms with van der Waals surface area (Å²) < 4.78 is 6.25. The Morgan fingerprint density at radius 2 is 1.89 bits per heavy atom. The number of nitrogens with zero attached hydrogens (tertiary/aromatic N) is 1. The Bertz CT molecular complexity index is 950. The van der Waals surface area contributed by atoms with Gasteiger partial charge in [0.15, 0.2) is 5.78 Å². The van der Waals surface area contributed by atoms with Crippen molar-refractivity contribution >= 4 is 33.3 Å². The number of benzene rings is 2. The summed E-state index contributed by atoms with van der Waals surface area (Å²) in [6.07, 6.45) is 2.34. The molecule has 1 amide bonds. The zero-order valence-electron chi connectivity index (χ0n) is 15.1. The number of halogens is 1. The summed E-state index contributed by atoms with van der Waals surface area (Å²) in [6, 6.07) is 15.4. The molecule has 0 N–H and O–H groups in total. The Labute approximate surface area is 167 Å². The first-order valence-corrected chi connectivity index (χ1v) is 9.86. The molecule has 27 heavy (non-hydrogen) atoms. The average Bonchev–Trinajstić information content (AvgIpc) is 2.67. The Morgan fingerprint density at radius 3 is 2.67 bits per heavy atom. The average molecular weight is 426 g/mol. The van der Waals surface area contributed by atoms with Crippen LogP contribution in [0.25, 0.3) is 0 Å². The van der Waals surface area contributed by atoms with E-state index in [1.807, 2.05) is 48.5 Å². The molecule has 4 nitrogen and oxygen atoms in total. The van der Waals surface area contributed by atoms with Crippen molar-refractivity contribution in [3.8, 4) is 5.75 Å². The number of hydrogen-bond donors (Lipinski definition) is 0. The fraction of sp³-hybridized carbons (Fsp3) is 0.273. The molecule has 1 aliphatic heterocycles. The van der Waals surface area contributed by atoms with E-state index < -0.39 is 0 Å². The van der Waals surface area contributed by atoms with Gasteiger partial charge < -0.3 is 4.74 Å². The lowest BCUT2D eigenvalue weighted by Gasteiger charge is -2.38. The number of carbonyl (C=O) groups is 2. The third-order valence-corrected chi connectivity index (χ3v) is 5.73. The molecule has 0 aromatic heterocycles. The number of Topliss-reactive ketones (excluding diaryl/α,β-unsaturated/α-hetero) is 1. The largest absolute Gasteiger partial charge is 0.497 e. The van der Waals surface area contributed by atoms with Crippen molar-refractivity contribution in [2.24, 2.45) is 0 Å². The lowest BCUT2D eigenvalue weighted by atomic mass is 9.77. The molecule has 0 fully saturated rings. The van der Waals surface area contributed by atoms with Crippen LogP contribution in [0.15, 0.2) is 64.3 Å². The molecule has 0 radical (unpaired) electrons. The van der Waals surface area contributed by atoms with Crippen LogP contribution in [-0.4, -0.2) is 18.8 Å². The highest BCUT2D eigenvalue weighted by molar-refractivity contribution is 9.10. The Kier molecular flexibility index (Phi) is 4.87. The van der Waals surface area contributed by atoms with Crippen molar-refractivity contribution < 1.29 is 14.3 Å². The molecule has 1 aliphatic carbocycles.